The van der Waals surface area contributed by atoms with Crippen LogP contribution in [0.2, 0.25) is 0 Å². The number of likely N-dealkylation sites (tertiary alicyclic amines) is 1. The number of amides is 1. The molecule has 1 fully saturated rings. The summed E-state index contributed by atoms with van der Waals surface area (Å²) in [5.74, 6) is 0.663. The maximum atomic E-state index is 11.7. The fourth-order valence-electron chi connectivity index (χ4n) is 2.85. The lowest BCUT2D eigenvalue weighted by Crippen LogP contribution is -2.45. The van der Waals surface area contributed by atoms with Gasteiger partial charge in [0.1, 0.15) is 0 Å². The Balaban J connectivity index is 1.84. The van der Waals surface area contributed by atoms with E-state index in [2.05, 4.69) is 43.4 Å². The Bertz CT molecular complexity index is 511. The Labute approximate surface area is 148 Å². The highest BCUT2D eigenvalue weighted by molar-refractivity contribution is 7.10. The number of rotatable bonds is 8. The van der Waals surface area contributed by atoms with E-state index >= 15 is 0 Å². The van der Waals surface area contributed by atoms with E-state index in [4.69, 9.17) is 0 Å². The Kier molecular flexibility index (Phi) is 8.04. The van der Waals surface area contributed by atoms with Crippen LogP contribution < -0.4 is 16.0 Å². The van der Waals surface area contributed by atoms with E-state index < -0.39 is 0 Å². The van der Waals surface area contributed by atoms with E-state index in [9.17, 15) is 4.79 Å². The first-order chi connectivity index (χ1) is 11.7. The molecule has 2 rings (SSSR count). The van der Waals surface area contributed by atoms with Crippen LogP contribution in [-0.2, 0) is 4.79 Å². The van der Waals surface area contributed by atoms with E-state index in [1.54, 1.807) is 18.4 Å². The van der Waals surface area contributed by atoms with Gasteiger partial charge in [-0.3, -0.25) is 14.7 Å². The van der Waals surface area contributed by atoms with Crippen molar-refractivity contribution in [2.24, 2.45) is 4.99 Å². The molecule has 6 nitrogen and oxygen atoms in total. The van der Waals surface area contributed by atoms with Crippen molar-refractivity contribution in [1.82, 2.24) is 20.9 Å². The summed E-state index contributed by atoms with van der Waals surface area (Å²) in [6.07, 6.45) is 3.48. The quantitative estimate of drug-likeness (QED) is 0.491. The molecule has 1 atom stereocenters. The third-order valence-electron chi connectivity index (χ3n) is 4.13. The van der Waals surface area contributed by atoms with Crippen molar-refractivity contribution in [1.29, 1.82) is 0 Å². The standard InChI is InChI=1S/C17H29N5OS/c1-3-8-19-16(23)13-21-17(18-2)20-12-14(15-7-6-11-24-15)22-9-4-5-10-22/h6-7,11,14H,3-5,8-10,12-13H2,1-2H3,(H,19,23)(H2,18,20,21). The van der Waals surface area contributed by atoms with Crippen LogP contribution in [0.5, 0.6) is 0 Å². The van der Waals surface area contributed by atoms with Crippen LogP contribution in [-0.4, -0.2) is 56.5 Å². The van der Waals surface area contributed by atoms with Crippen LogP contribution in [0.4, 0.5) is 0 Å². The Morgan fingerprint density at radius 3 is 2.75 bits per heavy atom. The highest BCUT2D eigenvalue weighted by Crippen LogP contribution is 2.27. The third kappa shape index (κ3) is 5.79. The van der Waals surface area contributed by atoms with Gasteiger partial charge in [-0.25, -0.2) is 0 Å². The molecule has 0 radical (unpaired) electrons. The summed E-state index contributed by atoms with van der Waals surface area (Å²) in [6.45, 7) is 6.08. The molecule has 0 aliphatic carbocycles. The molecule has 1 aromatic heterocycles. The van der Waals surface area contributed by atoms with Gasteiger partial charge < -0.3 is 16.0 Å². The van der Waals surface area contributed by atoms with Gasteiger partial charge in [-0.1, -0.05) is 13.0 Å². The number of nitrogens with one attached hydrogen (secondary N) is 3. The van der Waals surface area contributed by atoms with Gasteiger partial charge in [-0.2, -0.15) is 0 Å². The molecule has 2 heterocycles. The summed E-state index contributed by atoms with van der Waals surface area (Å²) in [6, 6.07) is 4.66. The molecule has 1 aliphatic rings. The predicted octanol–water partition coefficient (Wildman–Crippen LogP) is 1.58. The minimum absolute atomic E-state index is 0.00542. The molecular weight excluding hydrogens is 322 g/mol. The van der Waals surface area contributed by atoms with Gasteiger partial charge in [0.15, 0.2) is 5.96 Å². The van der Waals surface area contributed by atoms with Crippen LogP contribution in [0.25, 0.3) is 0 Å². The van der Waals surface area contributed by atoms with Crippen molar-refractivity contribution < 1.29 is 4.79 Å². The summed E-state index contributed by atoms with van der Waals surface area (Å²) in [7, 11) is 1.73. The van der Waals surface area contributed by atoms with Crippen LogP contribution in [0.1, 0.15) is 37.1 Å². The maximum absolute atomic E-state index is 11.7. The number of carbonyl (C=O) groups is 1. The smallest absolute Gasteiger partial charge is 0.239 e. The first-order valence-corrected chi connectivity index (χ1v) is 9.61. The molecule has 24 heavy (non-hydrogen) atoms. The summed E-state index contributed by atoms with van der Waals surface area (Å²) < 4.78 is 0. The topological polar surface area (TPSA) is 68.8 Å². The van der Waals surface area contributed by atoms with Gasteiger partial charge in [0.2, 0.25) is 5.91 Å². The molecule has 1 saturated heterocycles. The largest absolute Gasteiger partial charge is 0.355 e. The second kappa shape index (κ2) is 10.3. The predicted molar refractivity (Wildman–Crippen MR) is 101 cm³/mol. The molecule has 0 bridgehead atoms. The zero-order valence-corrected chi connectivity index (χ0v) is 15.5. The second-order valence-corrected chi connectivity index (χ2v) is 6.91. The van der Waals surface area contributed by atoms with Gasteiger partial charge >= 0.3 is 0 Å². The van der Waals surface area contributed by atoms with Gasteiger partial charge in [0.25, 0.3) is 0 Å². The maximum Gasteiger partial charge on any atom is 0.239 e. The van der Waals surface area contributed by atoms with Crippen molar-refractivity contribution >= 4 is 23.2 Å². The lowest BCUT2D eigenvalue weighted by atomic mass is 10.2. The zero-order valence-electron chi connectivity index (χ0n) is 14.7. The van der Waals surface area contributed by atoms with E-state index in [-0.39, 0.29) is 12.5 Å². The fraction of sp³-hybridized carbons (Fsp3) is 0.647. The lowest BCUT2D eigenvalue weighted by Gasteiger charge is -2.27. The van der Waals surface area contributed by atoms with Gasteiger partial charge in [0.05, 0.1) is 12.6 Å². The Morgan fingerprint density at radius 1 is 1.33 bits per heavy atom. The molecule has 1 aliphatic heterocycles. The highest BCUT2D eigenvalue weighted by atomic mass is 32.1. The van der Waals surface area contributed by atoms with Crippen molar-refractivity contribution in [3.63, 3.8) is 0 Å². The minimum Gasteiger partial charge on any atom is -0.355 e. The number of aliphatic imine (C=N–C) groups is 1. The van der Waals surface area contributed by atoms with Gasteiger partial charge in [-0.15, -0.1) is 11.3 Å². The first-order valence-electron chi connectivity index (χ1n) is 8.73. The SMILES string of the molecule is CCCNC(=O)CNC(=NC)NCC(c1cccs1)N1CCCC1. The van der Waals surface area contributed by atoms with Crippen molar-refractivity contribution in [2.45, 2.75) is 32.2 Å². The van der Waals surface area contributed by atoms with Crippen LogP contribution >= 0.6 is 11.3 Å². The van der Waals surface area contributed by atoms with E-state index in [1.165, 1.54) is 17.7 Å². The van der Waals surface area contributed by atoms with Crippen molar-refractivity contribution in [2.75, 3.05) is 39.8 Å². The van der Waals surface area contributed by atoms with E-state index in [0.29, 0.717) is 18.5 Å². The van der Waals surface area contributed by atoms with Crippen molar-refractivity contribution in [3.8, 4) is 0 Å². The first kappa shape index (κ1) is 18.7. The molecular formula is C17H29N5OS. The van der Waals surface area contributed by atoms with Gasteiger partial charge in [0, 0.05) is 25.0 Å². The highest BCUT2D eigenvalue weighted by Gasteiger charge is 2.24. The average Bonchev–Trinajstić information content (AvgIpc) is 3.30. The summed E-state index contributed by atoms with van der Waals surface area (Å²) in [4.78, 5) is 19.8. The Hall–Kier alpha value is -1.60. The van der Waals surface area contributed by atoms with Crippen molar-refractivity contribution in [3.05, 3.63) is 22.4 Å². The van der Waals surface area contributed by atoms with E-state index in [1.807, 2.05) is 6.92 Å². The number of hydrogen-bond donors (Lipinski definition) is 3. The lowest BCUT2D eigenvalue weighted by molar-refractivity contribution is -0.120. The Morgan fingerprint density at radius 2 is 2.12 bits per heavy atom. The molecule has 134 valence electrons. The molecule has 1 amide bonds. The van der Waals surface area contributed by atoms with Crippen LogP contribution in [0.3, 0.4) is 0 Å². The zero-order chi connectivity index (χ0) is 17.2. The monoisotopic (exact) mass is 351 g/mol. The van der Waals surface area contributed by atoms with Crippen LogP contribution in [0, 0.1) is 0 Å². The summed E-state index contributed by atoms with van der Waals surface area (Å²) in [5.41, 5.74) is 0. The molecule has 0 saturated carbocycles. The number of hydrogen-bond acceptors (Lipinski definition) is 4. The molecule has 0 spiro atoms. The van der Waals surface area contributed by atoms with Gasteiger partial charge in [-0.05, 0) is 43.8 Å². The fourth-order valence-corrected chi connectivity index (χ4v) is 3.71. The number of carbonyl (C=O) groups excluding carboxylic acids is 1. The summed E-state index contributed by atoms with van der Waals surface area (Å²) in [5, 5.41) is 11.4. The number of guanidine groups is 1. The molecule has 1 unspecified atom stereocenters. The summed E-state index contributed by atoms with van der Waals surface area (Å²) >= 11 is 1.80. The van der Waals surface area contributed by atoms with E-state index in [0.717, 1.165) is 26.1 Å². The van der Waals surface area contributed by atoms with Crippen LogP contribution in [0.15, 0.2) is 22.5 Å². The number of nitrogens with zero attached hydrogens (tertiary/aromatic N) is 2. The molecule has 7 heteroatoms. The number of thiophene rings is 1. The molecule has 0 aromatic carbocycles. The molecule has 3 N–H and O–H groups in total. The average molecular weight is 352 g/mol. The third-order valence-corrected chi connectivity index (χ3v) is 5.10. The second-order valence-electron chi connectivity index (χ2n) is 5.93. The molecule has 1 aromatic rings. The normalized spacial score (nSPS) is 16.8. The minimum atomic E-state index is -0.00542.